The Morgan fingerprint density at radius 1 is 0.767 bits per heavy atom. The van der Waals surface area contributed by atoms with Gasteiger partial charge in [0.05, 0.1) is 0 Å². The number of rotatable bonds is 5. The number of alkyl carbamates (subject to hydrolysis) is 1. The summed E-state index contributed by atoms with van der Waals surface area (Å²) in [6, 6.07) is 0.0725. The van der Waals surface area contributed by atoms with E-state index in [2.05, 4.69) is 22.9 Å². The van der Waals surface area contributed by atoms with Crippen molar-refractivity contribution >= 4 is 17.9 Å². The van der Waals surface area contributed by atoms with E-state index in [1.165, 1.54) is 6.42 Å². The third-order valence-electron chi connectivity index (χ3n) is 7.30. The van der Waals surface area contributed by atoms with Gasteiger partial charge in [0.15, 0.2) is 0 Å². The number of urea groups is 1. The van der Waals surface area contributed by atoms with E-state index in [1.807, 2.05) is 0 Å². The summed E-state index contributed by atoms with van der Waals surface area (Å²) in [6.07, 6.45) is 11.2. The van der Waals surface area contributed by atoms with Crippen LogP contribution in [0, 0.1) is 11.8 Å². The van der Waals surface area contributed by atoms with E-state index in [9.17, 15) is 14.4 Å². The van der Waals surface area contributed by atoms with Gasteiger partial charge in [0.2, 0.25) is 0 Å². The molecule has 3 aliphatic rings. The Kier molecular flexibility index (Phi) is 8.40. The molecule has 0 saturated heterocycles. The van der Waals surface area contributed by atoms with Crippen molar-refractivity contribution < 1.29 is 19.1 Å². The van der Waals surface area contributed by atoms with Crippen LogP contribution in [0.25, 0.3) is 0 Å². The minimum absolute atomic E-state index is 0.0345. The normalized spacial score (nSPS) is 32.7. The number of hydrogen-bond acceptors (Lipinski definition) is 4. The second-order valence-corrected chi connectivity index (χ2v) is 9.68. The highest BCUT2D eigenvalue weighted by Gasteiger charge is 2.31. The molecule has 3 N–H and O–H groups in total. The lowest BCUT2D eigenvalue weighted by Crippen LogP contribution is -2.53. The molecule has 170 valence electrons. The molecule has 0 heterocycles. The van der Waals surface area contributed by atoms with E-state index in [1.54, 1.807) is 6.92 Å². The van der Waals surface area contributed by atoms with Gasteiger partial charge >= 0.3 is 12.1 Å². The zero-order chi connectivity index (χ0) is 21.5. The molecule has 0 spiro atoms. The van der Waals surface area contributed by atoms with E-state index in [0.717, 1.165) is 70.6 Å². The fraction of sp³-hybridized carbons (Fsp3) is 0.870. The van der Waals surface area contributed by atoms with Crippen LogP contribution in [-0.4, -0.2) is 42.1 Å². The van der Waals surface area contributed by atoms with Gasteiger partial charge in [-0.2, -0.15) is 0 Å². The number of carbonyl (C=O) groups excluding carboxylic acids is 3. The van der Waals surface area contributed by atoms with Crippen molar-refractivity contribution in [3.63, 3.8) is 0 Å². The average molecular weight is 422 g/mol. The maximum absolute atomic E-state index is 12.5. The molecule has 0 aromatic rings. The minimum atomic E-state index is -0.313. The van der Waals surface area contributed by atoms with Gasteiger partial charge in [-0.25, -0.2) is 9.59 Å². The number of ether oxygens (including phenoxy) is 1. The molecule has 3 rings (SSSR count). The van der Waals surface area contributed by atoms with Gasteiger partial charge in [-0.1, -0.05) is 13.3 Å². The zero-order valence-electron chi connectivity index (χ0n) is 18.6. The summed E-state index contributed by atoms with van der Waals surface area (Å²) in [5.74, 6) is 0.788. The van der Waals surface area contributed by atoms with Gasteiger partial charge in [-0.15, -0.1) is 0 Å². The van der Waals surface area contributed by atoms with Crippen molar-refractivity contribution in [3.05, 3.63) is 0 Å². The molecule has 7 heteroatoms. The lowest BCUT2D eigenvalue weighted by molar-refractivity contribution is -0.121. The second-order valence-electron chi connectivity index (χ2n) is 9.68. The first-order valence-electron chi connectivity index (χ1n) is 12.0. The van der Waals surface area contributed by atoms with Crippen molar-refractivity contribution in [2.24, 2.45) is 11.8 Å². The summed E-state index contributed by atoms with van der Waals surface area (Å²) in [6.45, 7) is 3.81. The summed E-state index contributed by atoms with van der Waals surface area (Å²) in [7, 11) is 0. The van der Waals surface area contributed by atoms with Gasteiger partial charge in [-0.3, -0.25) is 4.79 Å². The zero-order valence-corrected chi connectivity index (χ0v) is 18.6. The predicted octanol–water partition coefficient (Wildman–Crippen LogP) is 4.05. The van der Waals surface area contributed by atoms with Gasteiger partial charge < -0.3 is 20.7 Å². The van der Waals surface area contributed by atoms with Crippen LogP contribution in [-0.2, 0) is 9.53 Å². The fourth-order valence-corrected chi connectivity index (χ4v) is 5.23. The van der Waals surface area contributed by atoms with Crippen molar-refractivity contribution in [3.8, 4) is 0 Å². The van der Waals surface area contributed by atoms with Gasteiger partial charge in [0, 0.05) is 24.0 Å². The molecule has 0 aromatic heterocycles. The third kappa shape index (κ3) is 6.88. The maximum Gasteiger partial charge on any atom is 0.407 e. The molecule has 3 fully saturated rings. The van der Waals surface area contributed by atoms with Gasteiger partial charge in [-0.05, 0) is 83.5 Å². The molecular weight excluding hydrogens is 382 g/mol. The first-order valence-corrected chi connectivity index (χ1v) is 12.0. The Morgan fingerprint density at radius 2 is 1.43 bits per heavy atom. The molecular formula is C23H39N3O4. The first kappa shape index (κ1) is 22.9. The first-order chi connectivity index (χ1) is 14.4. The van der Waals surface area contributed by atoms with Crippen molar-refractivity contribution in [1.29, 1.82) is 0 Å². The molecule has 3 saturated carbocycles. The Labute approximate surface area is 180 Å². The van der Waals surface area contributed by atoms with E-state index in [4.69, 9.17) is 4.74 Å². The summed E-state index contributed by atoms with van der Waals surface area (Å²) in [4.78, 5) is 36.3. The largest absolute Gasteiger partial charge is 0.446 e. The summed E-state index contributed by atoms with van der Waals surface area (Å²) in [5, 5.41) is 9.23. The lowest BCUT2D eigenvalue weighted by atomic mass is 9.82. The monoisotopic (exact) mass is 421 g/mol. The Balaban J connectivity index is 1.39. The van der Waals surface area contributed by atoms with Crippen LogP contribution in [0.4, 0.5) is 9.59 Å². The summed E-state index contributed by atoms with van der Waals surface area (Å²) in [5.41, 5.74) is 0. The number of hydrogen-bond donors (Lipinski definition) is 3. The van der Waals surface area contributed by atoms with Crippen LogP contribution in [0.3, 0.4) is 0 Å². The molecule has 0 aliphatic heterocycles. The molecule has 0 radical (unpaired) electrons. The Hall–Kier alpha value is -1.79. The Bertz CT molecular complexity index is 597. The van der Waals surface area contributed by atoms with Crippen LogP contribution in [0.2, 0.25) is 0 Å². The molecule has 3 aliphatic carbocycles. The molecule has 3 atom stereocenters. The molecule has 30 heavy (non-hydrogen) atoms. The highest BCUT2D eigenvalue weighted by molar-refractivity contribution is 5.78. The number of Topliss-reactive ketones (excluding diaryl/α,β-unsaturated/α-hetero) is 1. The fourth-order valence-electron chi connectivity index (χ4n) is 5.23. The minimum Gasteiger partial charge on any atom is -0.446 e. The van der Waals surface area contributed by atoms with Crippen molar-refractivity contribution in [1.82, 2.24) is 16.0 Å². The topological polar surface area (TPSA) is 96.5 Å². The number of amides is 3. The SMILES string of the molecule is CC(=O)C1CCC(NC(=O)NC2CC(NC(=O)OC3CCCCC3)CCC2C)CC1. The van der Waals surface area contributed by atoms with E-state index in [0.29, 0.717) is 5.92 Å². The van der Waals surface area contributed by atoms with Crippen LogP contribution in [0.15, 0.2) is 0 Å². The van der Waals surface area contributed by atoms with E-state index >= 15 is 0 Å². The molecule has 0 bridgehead atoms. The van der Waals surface area contributed by atoms with E-state index in [-0.39, 0.29) is 48.1 Å². The molecule has 3 amide bonds. The Morgan fingerprint density at radius 3 is 2.10 bits per heavy atom. The highest BCUT2D eigenvalue weighted by Crippen LogP contribution is 2.27. The number of nitrogens with one attached hydrogen (secondary N) is 3. The van der Waals surface area contributed by atoms with Crippen LogP contribution >= 0.6 is 0 Å². The van der Waals surface area contributed by atoms with Crippen molar-refractivity contribution in [2.45, 2.75) is 115 Å². The smallest absolute Gasteiger partial charge is 0.407 e. The van der Waals surface area contributed by atoms with Gasteiger partial charge in [0.1, 0.15) is 11.9 Å². The maximum atomic E-state index is 12.5. The highest BCUT2D eigenvalue weighted by atomic mass is 16.6. The second kappa shape index (κ2) is 11.0. The molecule has 3 unspecified atom stereocenters. The van der Waals surface area contributed by atoms with Crippen molar-refractivity contribution in [2.75, 3.05) is 0 Å². The summed E-state index contributed by atoms with van der Waals surface area (Å²) < 4.78 is 5.59. The van der Waals surface area contributed by atoms with Gasteiger partial charge in [0.25, 0.3) is 0 Å². The number of ketones is 1. The van der Waals surface area contributed by atoms with Crippen LogP contribution < -0.4 is 16.0 Å². The van der Waals surface area contributed by atoms with Crippen LogP contribution in [0.1, 0.15) is 90.9 Å². The average Bonchev–Trinajstić information content (AvgIpc) is 2.71. The standard InChI is InChI=1S/C23H39N3O4/c1-15-8-11-19(25-23(29)30-20-6-4-3-5-7-20)14-21(15)26-22(28)24-18-12-9-17(10-13-18)16(2)27/h15,17-21H,3-14H2,1-2H3,(H,25,29)(H2,24,26,28). The quantitative estimate of drug-likeness (QED) is 0.624. The lowest BCUT2D eigenvalue weighted by Gasteiger charge is -2.36. The molecule has 0 aromatic carbocycles. The third-order valence-corrected chi connectivity index (χ3v) is 7.30. The summed E-state index contributed by atoms with van der Waals surface area (Å²) >= 11 is 0. The number of carbonyl (C=O) groups is 3. The van der Waals surface area contributed by atoms with E-state index < -0.39 is 0 Å². The predicted molar refractivity (Wildman–Crippen MR) is 115 cm³/mol. The van der Waals surface area contributed by atoms with Crippen LogP contribution in [0.5, 0.6) is 0 Å². The molecule has 7 nitrogen and oxygen atoms in total.